The topological polar surface area (TPSA) is 41.1 Å². The maximum absolute atomic E-state index is 4.37. The second-order valence-corrected chi connectivity index (χ2v) is 5.99. The molecule has 2 unspecified atom stereocenters. The molecule has 0 saturated carbocycles. The molecule has 1 aromatic heterocycles. The molecule has 0 amide bonds. The third-order valence-electron chi connectivity index (χ3n) is 3.92. The molecule has 2 atom stereocenters. The van der Waals surface area contributed by atoms with Gasteiger partial charge in [0.05, 0.1) is 4.47 Å². The van der Waals surface area contributed by atoms with Crippen molar-refractivity contribution in [1.82, 2.24) is 15.3 Å². The maximum atomic E-state index is 4.37. The summed E-state index contributed by atoms with van der Waals surface area (Å²) < 4.78 is 0.931. The van der Waals surface area contributed by atoms with Gasteiger partial charge in [-0.15, -0.1) is 0 Å². The highest BCUT2D eigenvalue weighted by Crippen LogP contribution is 2.30. The molecule has 1 aromatic rings. The van der Waals surface area contributed by atoms with E-state index in [4.69, 9.17) is 0 Å². The average Bonchev–Trinajstić information content (AvgIpc) is 2.68. The van der Waals surface area contributed by atoms with Crippen LogP contribution in [-0.4, -0.2) is 35.1 Å². The van der Waals surface area contributed by atoms with Crippen LogP contribution in [0.5, 0.6) is 0 Å². The molecule has 4 nitrogen and oxygen atoms in total. The summed E-state index contributed by atoms with van der Waals surface area (Å²) in [7, 11) is 2.11. The van der Waals surface area contributed by atoms with Gasteiger partial charge in [-0.25, -0.2) is 9.97 Å². The lowest BCUT2D eigenvalue weighted by Crippen LogP contribution is -2.47. The Labute approximate surface area is 110 Å². The molecule has 92 valence electrons. The van der Waals surface area contributed by atoms with Gasteiger partial charge < -0.3 is 10.2 Å². The number of nitrogens with one attached hydrogen (secondary N) is 1. The Morgan fingerprint density at radius 1 is 1.24 bits per heavy atom. The normalized spacial score (nSPS) is 31.5. The molecule has 2 bridgehead atoms. The predicted molar refractivity (Wildman–Crippen MR) is 71.1 cm³/mol. The van der Waals surface area contributed by atoms with Crippen LogP contribution in [0.15, 0.2) is 16.9 Å². The van der Waals surface area contributed by atoms with Crippen LogP contribution in [0.2, 0.25) is 0 Å². The first-order chi connectivity index (χ1) is 8.22. The zero-order valence-electron chi connectivity index (χ0n) is 9.93. The van der Waals surface area contributed by atoms with E-state index in [0.29, 0.717) is 18.1 Å². The van der Waals surface area contributed by atoms with Crippen LogP contribution < -0.4 is 10.2 Å². The Hall–Kier alpha value is -0.680. The second kappa shape index (κ2) is 4.53. The summed E-state index contributed by atoms with van der Waals surface area (Å²) >= 11 is 3.37. The largest absolute Gasteiger partial charge is 0.341 e. The molecule has 0 radical (unpaired) electrons. The molecule has 0 spiro atoms. The maximum Gasteiger partial charge on any atom is 0.225 e. The monoisotopic (exact) mass is 296 g/mol. The Bertz CT molecular complexity index is 382. The van der Waals surface area contributed by atoms with E-state index in [-0.39, 0.29) is 0 Å². The fraction of sp³-hybridized carbons (Fsp3) is 0.667. The second-order valence-electron chi connectivity index (χ2n) is 5.08. The molecule has 3 rings (SSSR count). The Morgan fingerprint density at radius 3 is 2.41 bits per heavy atom. The van der Waals surface area contributed by atoms with Gasteiger partial charge in [-0.05, 0) is 41.6 Å². The summed E-state index contributed by atoms with van der Waals surface area (Å²) in [6, 6.07) is 1.99. The van der Waals surface area contributed by atoms with Crippen LogP contribution in [0.25, 0.3) is 0 Å². The average molecular weight is 297 g/mol. The number of anilines is 1. The lowest BCUT2D eigenvalue weighted by molar-refractivity contribution is 0.352. The summed E-state index contributed by atoms with van der Waals surface area (Å²) in [4.78, 5) is 11.0. The molecular weight excluding hydrogens is 280 g/mol. The number of hydrogen-bond donors (Lipinski definition) is 1. The molecule has 0 aromatic carbocycles. The number of nitrogens with zero attached hydrogens (tertiary/aromatic N) is 3. The Kier molecular flexibility index (Phi) is 3.04. The number of aromatic nitrogens is 2. The molecule has 5 heteroatoms. The summed E-state index contributed by atoms with van der Waals surface area (Å²) in [6.45, 7) is 0. The first-order valence-electron chi connectivity index (χ1n) is 6.19. The van der Waals surface area contributed by atoms with Crippen molar-refractivity contribution in [3.05, 3.63) is 16.9 Å². The van der Waals surface area contributed by atoms with Crippen molar-refractivity contribution in [2.24, 2.45) is 0 Å². The van der Waals surface area contributed by atoms with E-state index in [9.17, 15) is 0 Å². The molecule has 2 fully saturated rings. The smallest absolute Gasteiger partial charge is 0.225 e. The van der Waals surface area contributed by atoms with Crippen molar-refractivity contribution in [2.45, 2.75) is 43.8 Å². The van der Waals surface area contributed by atoms with Crippen molar-refractivity contribution >= 4 is 21.9 Å². The number of hydrogen-bond acceptors (Lipinski definition) is 4. The van der Waals surface area contributed by atoms with Crippen molar-refractivity contribution in [2.75, 3.05) is 11.9 Å². The lowest BCUT2D eigenvalue weighted by atomic mass is 9.99. The van der Waals surface area contributed by atoms with Gasteiger partial charge in [-0.3, -0.25) is 0 Å². The third-order valence-corrected chi connectivity index (χ3v) is 4.33. The van der Waals surface area contributed by atoms with Gasteiger partial charge in [0, 0.05) is 37.6 Å². The molecular formula is C12H17BrN4. The molecule has 0 aliphatic carbocycles. The standard InChI is InChI=1S/C12H17BrN4/c1-17(12-14-6-8(13)7-15-12)11-4-9-2-3-10(5-11)16-9/h6-7,9-11,16H,2-5H2,1H3. The molecule has 3 heterocycles. The van der Waals surface area contributed by atoms with Crippen molar-refractivity contribution in [3.63, 3.8) is 0 Å². The van der Waals surface area contributed by atoms with Crippen LogP contribution in [0.4, 0.5) is 5.95 Å². The fourth-order valence-electron chi connectivity index (χ4n) is 2.99. The molecule has 2 aliphatic heterocycles. The van der Waals surface area contributed by atoms with E-state index in [0.717, 1.165) is 10.4 Å². The minimum absolute atomic E-state index is 0.579. The highest BCUT2D eigenvalue weighted by molar-refractivity contribution is 9.10. The number of rotatable bonds is 2. The van der Waals surface area contributed by atoms with E-state index >= 15 is 0 Å². The summed E-state index contributed by atoms with van der Waals surface area (Å²) in [5.41, 5.74) is 0. The van der Waals surface area contributed by atoms with Gasteiger partial charge in [-0.2, -0.15) is 0 Å². The van der Waals surface area contributed by atoms with Crippen molar-refractivity contribution in [3.8, 4) is 0 Å². The van der Waals surface area contributed by atoms with Gasteiger partial charge in [0.25, 0.3) is 0 Å². The summed E-state index contributed by atoms with van der Waals surface area (Å²) in [6.07, 6.45) is 8.72. The van der Waals surface area contributed by atoms with Crippen molar-refractivity contribution in [1.29, 1.82) is 0 Å². The fourth-order valence-corrected chi connectivity index (χ4v) is 3.20. The van der Waals surface area contributed by atoms with E-state index in [2.05, 4.69) is 43.2 Å². The van der Waals surface area contributed by atoms with Crippen molar-refractivity contribution < 1.29 is 0 Å². The Morgan fingerprint density at radius 2 is 1.82 bits per heavy atom. The van der Waals surface area contributed by atoms with E-state index < -0.39 is 0 Å². The van der Waals surface area contributed by atoms with Gasteiger partial charge in [0.15, 0.2) is 0 Å². The quantitative estimate of drug-likeness (QED) is 0.906. The third kappa shape index (κ3) is 2.31. The number of halogens is 1. The molecule has 2 aliphatic rings. The Balaban J connectivity index is 1.73. The van der Waals surface area contributed by atoms with Crippen LogP contribution in [0, 0.1) is 0 Å². The van der Waals surface area contributed by atoms with Crippen LogP contribution >= 0.6 is 15.9 Å². The zero-order valence-corrected chi connectivity index (χ0v) is 11.5. The zero-order chi connectivity index (χ0) is 11.8. The first-order valence-corrected chi connectivity index (χ1v) is 6.98. The van der Waals surface area contributed by atoms with Crippen LogP contribution in [0.1, 0.15) is 25.7 Å². The molecule has 1 N–H and O–H groups in total. The van der Waals surface area contributed by atoms with E-state index in [1.165, 1.54) is 25.7 Å². The number of fused-ring (bicyclic) bond motifs is 2. The van der Waals surface area contributed by atoms with Crippen LogP contribution in [-0.2, 0) is 0 Å². The van der Waals surface area contributed by atoms with Gasteiger partial charge >= 0.3 is 0 Å². The predicted octanol–water partition coefficient (Wildman–Crippen LogP) is 1.96. The minimum atomic E-state index is 0.579. The van der Waals surface area contributed by atoms with Gasteiger partial charge in [-0.1, -0.05) is 0 Å². The summed E-state index contributed by atoms with van der Waals surface area (Å²) in [5.74, 6) is 0.833. The SMILES string of the molecule is CN(c1ncc(Br)cn1)C1CC2CCC(C1)N2. The minimum Gasteiger partial charge on any atom is -0.341 e. The van der Waals surface area contributed by atoms with E-state index in [1.807, 2.05) is 12.4 Å². The van der Waals surface area contributed by atoms with Crippen LogP contribution in [0.3, 0.4) is 0 Å². The lowest BCUT2D eigenvalue weighted by Gasteiger charge is -2.35. The molecule has 17 heavy (non-hydrogen) atoms. The highest BCUT2D eigenvalue weighted by Gasteiger charge is 2.35. The first kappa shape index (κ1) is 11.4. The van der Waals surface area contributed by atoms with E-state index in [1.54, 1.807) is 0 Å². The highest BCUT2D eigenvalue weighted by atomic mass is 79.9. The van der Waals surface area contributed by atoms with Gasteiger partial charge in [0.2, 0.25) is 5.95 Å². The van der Waals surface area contributed by atoms with Gasteiger partial charge in [0.1, 0.15) is 0 Å². The summed E-state index contributed by atoms with van der Waals surface area (Å²) in [5, 5.41) is 3.66. The number of piperidine rings is 1. The molecule has 2 saturated heterocycles.